The van der Waals surface area contributed by atoms with Gasteiger partial charge in [-0.25, -0.2) is 4.79 Å². The Labute approximate surface area is 199 Å². The van der Waals surface area contributed by atoms with Crippen LogP contribution in [0.25, 0.3) is 11.4 Å². The Hall–Kier alpha value is -2.98. The molecule has 0 unspecified atom stereocenters. The van der Waals surface area contributed by atoms with Gasteiger partial charge in [0, 0.05) is 11.1 Å². The van der Waals surface area contributed by atoms with E-state index in [1.807, 2.05) is 18.2 Å². The summed E-state index contributed by atoms with van der Waals surface area (Å²) >= 11 is 2.36. The van der Waals surface area contributed by atoms with Crippen molar-refractivity contribution in [3.05, 3.63) is 45.8 Å². The van der Waals surface area contributed by atoms with Gasteiger partial charge in [-0.2, -0.15) is 0 Å². The van der Waals surface area contributed by atoms with Gasteiger partial charge in [0.2, 0.25) is 5.91 Å². The molecule has 3 heterocycles. The predicted octanol–water partition coefficient (Wildman–Crippen LogP) is 4.33. The minimum absolute atomic E-state index is 0.0722. The number of ether oxygens (including phenoxy) is 1. The van der Waals surface area contributed by atoms with Gasteiger partial charge in [0.15, 0.2) is 16.8 Å². The summed E-state index contributed by atoms with van der Waals surface area (Å²) in [6.07, 6.45) is 0.832. The second-order valence-corrected chi connectivity index (χ2v) is 10.4. The Balaban J connectivity index is 1.55. The van der Waals surface area contributed by atoms with Crippen molar-refractivity contribution in [2.45, 2.75) is 44.8 Å². The van der Waals surface area contributed by atoms with Crippen LogP contribution in [0.4, 0.5) is 5.00 Å². The SMILES string of the molecule is COC(=O)c1c(NC(=O)CSc2nnc3n2C(C)(C)Cc2ccccc2-3)sc(C(C)=O)c1C. The molecule has 0 bridgehead atoms. The number of hydrogen-bond acceptors (Lipinski definition) is 8. The first-order valence-corrected chi connectivity index (χ1v) is 12.1. The van der Waals surface area contributed by atoms with Crippen LogP contribution in [-0.2, 0) is 21.5 Å². The van der Waals surface area contributed by atoms with E-state index in [4.69, 9.17) is 4.74 Å². The van der Waals surface area contributed by atoms with Crippen LogP contribution in [-0.4, -0.2) is 45.3 Å². The molecule has 0 fully saturated rings. The molecule has 0 atom stereocenters. The topological polar surface area (TPSA) is 103 Å². The molecule has 172 valence electrons. The molecule has 2 aromatic heterocycles. The smallest absolute Gasteiger partial charge is 0.341 e. The number of hydrogen-bond donors (Lipinski definition) is 1. The lowest BCUT2D eigenvalue weighted by atomic mass is 9.87. The molecule has 1 amide bonds. The van der Waals surface area contributed by atoms with Crippen LogP contribution >= 0.6 is 23.1 Å². The fourth-order valence-corrected chi connectivity index (χ4v) is 6.10. The molecule has 10 heteroatoms. The molecule has 1 N–H and O–H groups in total. The highest BCUT2D eigenvalue weighted by Crippen LogP contribution is 2.40. The van der Waals surface area contributed by atoms with Gasteiger partial charge in [0.1, 0.15) is 5.00 Å². The van der Waals surface area contributed by atoms with Crippen molar-refractivity contribution >= 4 is 45.8 Å². The van der Waals surface area contributed by atoms with Gasteiger partial charge in [-0.15, -0.1) is 21.5 Å². The van der Waals surface area contributed by atoms with Crippen LogP contribution in [0.2, 0.25) is 0 Å². The van der Waals surface area contributed by atoms with Crippen LogP contribution in [0.5, 0.6) is 0 Å². The number of carbonyl (C=O) groups is 3. The molecular formula is C23H24N4O4S2. The van der Waals surface area contributed by atoms with Crippen molar-refractivity contribution in [3.8, 4) is 11.4 Å². The molecule has 1 aromatic carbocycles. The summed E-state index contributed by atoms with van der Waals surface area (Å²) in [7, 11) is 1.27. The number of aromatic nitrogens is 3. The van der Waals surface area contributed by atoms with Crippen molar-refractivity contribution in [3.63, 3.8) is 0 Å². The van der Waals surface area contributed by atoms with E-state index in [0.29, 0.717) is 20.6 Å². The number of methoxy groups -OCH3 is 1. The fraction of sp³-hybridized carbons (Fsp3) is 0.348. The molecule has 0 radical (unpaired) electrons. The highest BCUT2D eigenvalue weighted by Gasteiger charge is 2.34. The molecule has 33 heavy (non-hydrogen) atoms. The molecule has 3 aromatic rings. The van der Waals surface area contributed by atoms with Crippen molar-refractivity contribution < 1.29 is 19.1 Å². The van der Waals surface area contributed by atoms with E-state index in [2.05, 4.69) is 40.0 Å². The lowest BCUT2D eigenvalue weighted by molar-refractivity contribution is -0.113. The standard InChI is InChI=1S/C23H24N4O4S2/c1-12-17(21(30)31-5)20(33-18(12)13(2)28)24-16(29)11-32-22-26-25-19-15-9-7-6-8-14(15)10-23(3,4)27(19)22/h6-9H,10-11H2,1-5H3,(H,24,29). The summed E-state index contributed by atoms with van der Waals surface area (Å²) in [4.78, 5) is 37.4. The minimum Gasteiger partial charge on any atom is -0.465 e. The molecule has 4 rings (SSSR count). The Morgan fingerprint density at radius 1 is 1.24 bits per heavy atom. The van der Waals surface area contributed by atoms with Gasteiger partial charge < -0.3 is 10.1 Å². The number of anilines is 1. The number of esters is 1. The van der Waals surface area contributed by atoms with Crippen LogP contribution in [0.3, 0.4) is 0 Å². The van der Waals surface area contributed by atoms with Crippen molar-refractivity contribution in [2.75, 3.05) is 18.2 Å². The summed E-state index contributed by atoms with van der Waals surface area (Å²) in [6, 6.07) is 8.14. The number of amides is 1. The highest BCUT2D eigenvalue weighted by molar-refractivity contribution is 7.99. The normalized spacial score (nSPS) is 13.7. The molecular weight excluding hydrogens is 460 g/mol. The third kappa shape index (κ3) is 4.20. The summed E-state index contributed by atoms with van der Waals surface area (Å²) in [5, 5.41) is 12.5. The summed E-state index contributed by atoms with van der Waals surface area (Å²) in [5.41, 5.74) is 2.75. The van der Waals surface area contributed by atoms with Gasteiger partial charge in [-0.1, -0.05) is 36.0 Å². The second-order valence-electron chi connectivity index (χ2n) is 8.43. The van der Waals surface area contributed by atoms with Crippen LogP contribution in [0.15, 0.2) is 29.4 Å². The van der Waals surface area contributed by atoms with E-state index in [1.54, 1.807) is 6.92 Å². The molecule has 1 aliphatic rings. The number of thiophene rings is 1. The third-order valence-electron chi connectivity index (χ3n) is 5.56. The number of rotatable bonds is 6. The molecule has 1 aliphatic heterocycles. The minimum atomic E-state index is -0.592. The number of Topliss-reactive ketones (excluding diaryl/α,β-unsaturated/α-hetero) is 1. The van der Waals surface area contributed by atoms with Gasteiger partial charge >= 0.3 is 5.97 Å². The molecule has 0 saturated heterocycles. The largest absolute Gasteiger partial charge is 0.465 e. The van der Waals surface area contributed by atoms with Gasteiger partial charge in [-0.05, 0) is 45.2 Å². The van der Waals surface area contributed by atoms with Crippen molar-refractivity contribution in [1.29, 1.82) is 0 Å². The van der Waals surface area contributed by atoms with Crippen molar-refractivity contribution in [1.82, 2.24) is 14.8 Å². The summed E-state index contributed by atoms with van der Waals surface area (Å²) < 4.78 is 6.92. The zero-order valence-corrected chi connectivity index (χ0v) is 20.6. The van der Waals surface area contributed by atoms with E-state index >= 15 is 0 Å². The third-order valence-corrected chi connectivity index (χ3v) is 7.80. The first-order valence-electron chi connectivity index (χ1n) is 10.3. The Bertz CT molecular complexity index is 1280. The average Bonchev–Trinajstić information content (AvgIpc) is 3.34. The fourth-order valence-electron chi connectivity index (χ4n) is 4.10. The molecule has 8 nitrogen and oxygen atoms in total. The number of ketones is 1. The van der Waals surface area contributed by atoms with E-state index in [1.165, 1.54) is 31.4 Å². The lowest BCUT2D eigenvalue weighted by Gasteiger charge is -2.34. The maximum Gasteiger partial charge on any atom is 0.341 e. The van der Waals surface area contributed by atoms with Crippen LogP contribution in [0.1, 0.15) is 51.9 Å². The van der Waals surface area contributed by atoms with Gasteiger partial charge in [0.25, 0.3) is 0 Å². The number of carbonyl (C=O) groups excluding carboxylic acids is 3. The van der Waals surface area contributed by atoms with Gasteiger partial charge in [-0.3, -0.25) is 14.2 Å². The Morgan fingerprint density at radius 2 is 1.97 bits per heavy atom. The number of thioether (sulfide) groups is 1. The zero-order chi connectivity index (χ0) is 23.9. The number of benzene rings is 1. The molecule has 0 saturated carbocycles. The summed E-state index contributed by atoms with van der Waals surface area (Å²) in [5.74, 6) is -0.213. The van der Waals surface area contributed by atoms with Crippen LogP contribution in [0, 0.1) is 6.92 Å². The second kappa shape index (κ2) is 8.75. The highest BCUT2D eigenvalue weighted by atomic mass is 32.2. The maximum atomic E-state index is 12.8. The first-order chi connectivity index (χ1) is 15.6. The van der Waals surface area contributed by atoms with E-state index in [0.717, 1.165) is 29.1 Å². The number of nitrogens with one attached hydrogen (secondary N) is 1. The van der Waals surface area contributed by atoms with E-state index in [-0.39, 0.29) is 28.5 Å². The summed E-state index contributed by atoms with van der Waals surface area (Å²) in [6.45, 7) is 7.35. The molecule has 0 spiro atoms. The maximum absolute atomic E-state index is 12.8. The zero-order valence-electron chi connectivity index (χ0n) is 19.0. The predicted molar refractivity (Wildman–Crippen MR) is 128 cm³/mol. The number of nitrogens with zero attached hydrogens (tertiary/aromatic N) is 3. The van der Waals surface area contributed by atoms with E-state index in [9.17, 15) is 14.4 Å². The van der Waals surface area contributed by atoms with Crippen LogP contribution < -0.4 is 5.32 Å². The molecule has 0 aliphatic carbocycles. The van der Waals surface area contributed by atoms with Gasteiger partial charge in [0.05, 0.1) is 23.3 Å². The quantitative estimate of drug-likeness (QED) is 0.316. The van der Waals surface area contributed by atoms with E-state index < -0.39 is 5.97 Å². The number of fused-ring (bicyclic) bond motifs is 3. The Morgan fingerprint density at radius 3 is 2.67 bits per heavy atom. The monoisotopic (exact) mass is 484 g/mol. The average molecular weight is 485 g/mol. The van der Waals surface area contributed by atoms with Crippen molar-refractivity contribution in [2.24, 2.45) is 0 Å². The first kappa shape index (κ1) is 23.2. The lowest BCUT2D eigenvalue weighted by Crippen LogP contribution is -2.33. The Kier molecular flexibility index (Phi) is 6.15.